The summed E-state index contributed by atoms with van der Waals surface area (Å²) in [5.74, 6) is 0.968. The highest BCUT2D eigenvalue weighted by molar-refractivity contribution is 4.96. The van der Waals surface area contributed by atoms with Gasteiger partial charge in [0.1, 0.15) is 0 Å². The van der Waals surface area contributed by atoms with E-state index in [1.54, 1.807) is 0 Å². The number of aliphatic hydroxyl groups is 2. The molecule has 5 saturated heterocycles. The van der Waals surface area contributed by atoms with Crippen LogP contribution in [0.2, 0.25) is 0 Å². The average molecular weight is 659 g/mol. The molecular weight excluding hydrogens is 572 g/mol. The van der Waals surface area contributed by atoms with Gasteiger partial charge in [-0.1, -0.05) is 42.0 Å². The molecule has 280 valence electrons. The number of fused-ring (bicyclic) bond motifs is 2. The van der Waals surface area contributed by atoms with Crippen molar-refractivity contribution in [3.63, 3.8) is 0 Å². The third-order valence-electron chi connectivity index (χ3n) is 10.3. The summed E-state index contributed by atoms with van der Waals surface area (Å²) in [5.41, 5.74) is 0. The fourth-order valence-corrected chi connectivity index (χ4v) is 7.47. The molecule has 5 heterocycles. The Morgan fingerprint density at radius 2 is 1.00 bits per heavy atom. The molecule has 3 unspecified atom stereocenters. The van der Waals surface area contributed by atoms with Crippen LogP contribution in [-0.2, 0) is 4.74 Å². The largest absolute Gasteiger partial charge is 0.393 e. The van der Waals surface area contributed by atoms with Gasteiger partial charge in [0, 0.05) is 49.3 Å². The van der Waals surface area contributed by atoms with E-state index in [0.717, 1.165) is 50.5 Å². The lowest BCUT2D eigenvalue weighted by atomic mass is 9.98. The minimum atomic E-state index is -0.306. The van der Waals surface area contributed by atoms with Crippen LogP contribution in [0.5, 0.6) is 0 Å². The number of ether oxygens (including phenoxy) is 1. The molecule has 0 saturated carbocycles. The first-order valence-corrected chi connectivity index (χ1v) is 18.3. The number of hydrogen-bond donors (Lipinski definition) is 2. The monoisotopic (exact) mass is 659 g/mol. The Hall–Kier alpha value is -0.280. The van der Waals surface area contributed by atoms with Crippen molar-refractivity contribution < 1.29 is 14.9 Å². The summed E-state index contributed by atoms with van der Waals surface area (Å²) in [6, 6.07) is 4.05. The van der Waals surface area contributed by atoms with E-state index in [2.05, 4.69) is 81.9 Å². The highest BCUT2D eigenvalue weighted by Gasteiger charge is 2.41. The molecule has 5 aliphatic rings. The van der Waals surface area contributed by atoms with Crippen LogP contribution < -0.4 is 0 Å². The smallest absolute Gasteiger partial charge is 0.0900 e. The summed E-state index contributed by atoms with van der Waals surface area (Å²) in [4.78, 5) is 10.00. The molecule has 2 N–H and O–H groups in total. The summed E-state index contributed by atoms with van der Waals surface area (Å²) >= 11 is 0. The minimum absolute atomic E-state index is 0. The predicted octanol–water partition coefficient (Wildman–Crippen LogP) is 7.78. The van der Waals surface area contributed by atoms with E-state index in [9.17, 15) is 10.2 Å². The van der Waals surface area contributed by atoms with E-state index < -0.39 is 0 Å². The van der Waals surface area contributed by atoms with Gasteiger partial charge in [0.2, 0.25) is 0 Å². The van der Waals surface area contributed by atoms with Gasteiger partial charge in [-0.25, -0.2) is 0 Å². The van der Waals surface area contributed by atoms with Crippen molar-refractivity contribution in [2.75, 3.05) is 52.5 Å². The van der Waals surface area contributed by atoms with E-state index >= 15 is 0 Å². The zero-order valence-corrected chi connectivity index (χ0v) is 30.0. The third kappa shape index (κ3) is 17.9. The van der Waals surface area contributed by atoms with Crippen LogP contribution in [0.3, 0.4) is 0 Å². The molecule has 46 heavy (non-hydrogen) atoms. The first kappa shape index (κ1) is 47.8. The first-order chi connectivity index (χ1) is 20.4. The zero-order valence-electron chi connectivity index (χ0n) is 30.0. The lowest BCUT2D eigenvalue weighted by Gasteiger charge is -2.39. The molecule has 7 heteroatoms. The Morgan fingerprint density at radius 1 is 0.543 bits per heavy atom. The molecule has 0 aromatic rings. The van der Waals surface area contributed by atoms with Crippen molar-refractivity contribution in [2.24, 2.45) is 5.92 Å². The van der Waals surface area contributed by atoms with Gasteiger partial charge in [-0.3, -0.25) is 9.80 Å². The molecule has 0 aliphatic carbocycles. The summed E-state index contributed by atoms with van der Waals surface area (Å²) < 4.78 is 5.20. The summed E-state index contributed by atoms with van der Waals surface area (Å²) in [6.45, 7) is 28.6. The van der Waals surface area contributed by atoms with Gasteiger partial charge in [-0.05, 0) is 139 Å². The maximum Gasteiger partial charge on any atom is 0.0900 e. The number of β-amino-alcohol motifs (C(OH)–C–C–N with tert-alkyl or cyclic N) is 1. The molecule has 0 spiro atoms. The van der Waals surface area contributed by atoms with Gasteiger partial charge in [-0.15, -0.1) is 0 Å². The predicted molar refractivity (Wildman–Crippen MR) is 203 cm³/mol. The molecule has 5 rings (SSSR count). The molecule has 3 atom stereocenters. The van der Waals surface area contributed by atoms with Gasteiger partial charge in [-0.2, -0.15) is 0 Å². The summed E-state index contributed by atoms with van der Waals surface area (Å²) in [6.07, 6.45) is 12.8. The Kier molecular flexibility index (Phi) is 26.7. The SMILES string of the molecule is C.C.C.CC(C)N1C2CCC1CC(O)C2.CC(C)N1CCCCCC1.CC(C)N1CCOCC(O)C1.CC1CCN(C(C)C)CC1. The van der Waals surface area contributed by atoms with E-state index in [-0.39, 0.29) is 34.5 Å². The Labute approximate surface area is 289 Å². The van der Waals surface area contributed by atoms with Gasteiger partial charge in [0.15, 0.2) is 0 Å². The maximum atomic E-state index is 9.56. The van der Waals surface area contributed by atoms with Crippen molar-refractivity contribution >= 4 is 0 Å². The average Bonchev–Trinajstić information content (AvgIpc) is 3.19. The molecule has 5 fully saturated rings. The summed E-state index contributed by atoms with van der Waals surface area (Å²) in [7, 11) is 0. The van der Waals surface area contributed by atoms with Gasteiger partial charge < -0.3 is 24.7 Å². The molecule has 5 aliphatic heterocycles. The van der Waals surface area contributed by atoms with E-state index in [1.807, 2.05) is 0 Å². The van der Waals surface area contributed by atoms with E-state index in [4.69, 9.17) is 4.74 Å². The van der Waals surface area contributed by atoms with Crippen LogP contribution in [0.15, 0.2) is 0 Å². The van der Waals surface area contributed by atoms with Crippen molar-refractivity contribution in [2.45, 2.75) is 197 Å². The number of likely N-dealkylation sites (tertiary alicyclic amines) is 2. The lowest BCUT2D eigenvalue weighted by Crippen LogP contribution is -2.48. The molecule has 0 aromatic carbocycles. The van der Waals surface area contributed by atoms with Crippen LogP contribution in [-0.4, -0.2) is 131 Å². The Bertz CT molecular complexity index is 677. The highest BCUT2D eigenvalue weighted by Crippen LogP contribution is 2.36. The second-order valence-electron chi connectivity index (χ2n) is 15.2. The second-order valence-corrected chi connectivity index (χ2v) is 15.2. The van der Waals surface area contributed by atoms with Crippen LogP contribution in [0, 0.1) is 5.92 Å². The minimum Gasteiger partial charge on any atom is -0.393 e. The number of rotatable bonds is 4. The van der Waals surface area contributed by atoms with Crippen LogP contribution in [0.25, 0.3) is 0 Å². The van der Waals surface area contributed by atoms with E-state index in [0.29, 0.717) is 30.8 Å². The van der Waals surface area contributed by atoms with Crippen molar-refractivity contribution in [3.05, 3.63) is 0 Å². The Balaban J connectivity index is 0. The molecule has 2 bridgehead atoms. The number of aliphatic hydroxyl groups excluding tert-OH is 2. The quantitative estimate of drug-likeness (QED) is 0.320. The number of nitrogens with zero attached hydrogens (tertiary/aromatic N) is 4. The van der Waals surface area contributed by atoms with Crippen LogP contribution in [0.1, 0.15) is 149 Å². The fraction of sp³-hybridized carbons (Fsp3) is 1.00. The zero-order chi connectivity index (χ0) is 31.9. The fourth-order valence-electron chi connectivity index (χ4n) is 7.47. The number of hydrogen-bond acceptors (Lipinski definition) is 7. The molecule has 7 nitrogen and oxygen atoms in total. The molecule has 0 aromatic heterocycles. The maximum absolute atomic E-state index is 9.56. The molecular formula is C39H86N4O3. The van der Waals surface area contributed by atoms with Gasteiger partial charge in [0.05, 0.1) is 25.4 Å². The first-order valence-electron chi connectivity index (χ1n) is 18.3. The number of piperidine rings is 2. The van der Waals surface area contributed by atoms with Gasteiger partial charge >= 0.3 is 0 Å². The van der Waals surface area contributed by atoms with Crippen LogP contribution >= 0.6 is 0 Å². The molecule has 0 amide bonds. The summed E-state index contributed by atoms with van der Waals surface area (Å²) in [5, 5.41) is 18.9. The highest BCUT2D eigenvalue weighted by atomic mass is 16.5. The normalized spacial score (nSPS) is 28.2. The van der Waals surface area contributed by atoms with Gasteiger partial charge in [0.25, 0.3) is 0 Å². The Morgan fingerprint density at radius 3 is 1.43 bits per heavy atom. The third-order valence-corrected chi connectivity index (χ3v) is 10.3. The topological polar surface area (TPSA) is 62.7 Å². The van der Waals surface area contributed by atoms with Crippen molar-refractivity contribution in [1.29, 1.82) is 0 Å². The van der Waals surface area contributed by atoms with Crippen molar-refractivity contribution in [1.82, 2.24) is 19.6 Å². The van der Waals surface area contributed by atoms with Crippen LogP contribution in [0.4, 0.5) is 0 Å². The lowest BCUT2D eigenvalue weighted by molar-refractivity contribution is 0.0187. The van der Waals surface area contributed by atoms with Crippen molar-refractivity contribution in [3.8, 4) is 0 Å². The standard InChI is InChI=1S/C10H19NO.2C9H19N.C8H17NO2.3CH4/c1-7(2)11-8-3-4-9(11)6-10(12)5-8;1-8(2)10-6-4-9(3)5-7-10;1-9(2)10-7-5-3-4-6-8-10;1-7(2)9-3-4-11-6-8(10)5-9;;;/h7-10,12H,3-6H2,1-2H3;8-9H,4-7H2,1-3H3;9H,3-8H2,1-2H3;7-8,10H,3-6H2,1-2H3;3*1H4. The van der Waals surface area contributed by atoms with E-state index in [1.165, 1.54) is 77.5 Å². The molecule has 0 radical (unpaired) electrons. The second kappa shape index (κ2) is 25.7.